The highest BCUT2D eigenvalue weighted by atomic mass is 16.2. The number of hydrogen-bond donors (Lipinski definition) is 1. The fraction of sp³-hybridized carbons (Fsp3) is 0.280. The first-order chi connectivity index (χ1) is 16.0. The smallest absolute Gasteiger partial charge is 0.329 e. The zero-order valence-corrected chi connectivity index (χ0v) is 18.7. The minimum absolute atomic E-state index is 0.0485. The normalized spacial score (nSPS) is 15.6. The quantitative estimate of drug-likeness (QED) is 0.525. The van der Waals surface area contributed by atoms with E-state index in [4.69, 9.17) is 4.98 Å². The minimum atomic E-state index is -0.244. The van der Waals surface area contributed by atoms with Crippen molar-refractivity contribution in [2.24, 2.45) is 0 Å². The monoisotopic (exact) mass is 442 g/mol. The molecular weight excluding hydrogens is 416 g/mol. The lowest BCUT2D eigenvalue weighted by atomic mass is 10.1. The first-order valence-corrected chi connectivity index (χ1v) is 11.1. The lowest BCUT2D eigenvalue weighted by Crippen LogP contribution is -2.47. The molecule has 1 aliphatic heterocycles. The molecule has 4 aromatic rings. The molecule has 1 saturated heterocycles. The molecule has 0 unspecified atom stereocenters. The topological polar surface area (TPSA) is 87.1 Å². The molecule has 1 fully saturated rings. The van der Waals surface area contributed by atoms with E-state index < -0.39 is 0 Å². The summed E-state index contributed by atoms with van der Waals surface area (Å²) in [6.07, 6.45) is 1.65. The van der Waals surface area contributed by atoms with Crippen LogP contribution in [0.25, 0.3) is 22.6 Å². The van der Waals surface area contributed by atoms with E-state index in [1.54, 1.807) is 10.8 Å². The van der Waals surface area contributed by atoms with Gasteiger partial charge in [-0.15, -0.1) is 0 Å². The number of piperazine rings is 1. The van der Waals surface area contributed by atoms with E-state index in [2.05, 4.69) is 21.9 Å². The van der Waals surface area contributed by atoms with Gasteiger partial charge in [-0.2, -0.15) is 0 Å². The summed E-state index contributed by atoms with van der Waals surface area (Å²) in [5.41, 5.74) is 3.88. The number of H-pyrrole nitrogens is 1. The van der Waals surface area contributed by atoms with Gasteiger partial charge in [0.1, 0.15) is 0 Å². The number of likely N-dealkylation sites (N-methyl/N-ethyl adjacent to an activating group) is 1. The second kappa shape index (κ2) is 8.63. The van der Waals surface area contributed by atoms with Gasteiger partial charge in [-0.1, -0.05) is 42.5 Å². The Morgan fingerprint density at radius 3 is 2.39 bits per heavy atom. The summed E-state index contributed by atoms with van der Waals surface area (Å²) < 4.78 is 1.63. The number of aromatic amines is 1. The van der Waals surface area contributed by atoms with Gasteiger partial charge in [0.15, 0.2) is 11.3 Å². The van der Waals surface area contributed by atoms with Gasteiger partial charge < -0.3 is 9.80 Å². The Balaban J connectivity index is 1.44. The Kier molecular flexibility index (Phi) is 5.51. The Labute approximate surface area is 191 Å². The van der Waals surface area contributed by atoms with Crippen LogP contribution in [0.3, 0.4) is 0 Å². The summed E-state index contributed by atoms with van der Waals surface area (Å²) in [6, 6.07) is 17.1. The predicted octanol–water partition coefficient (Wildman–Crippen LogP) is 2.78. The van der Waals surface area contributed by atoms with Gasteiger partial charge in [0.2, 0.25) is 0 Å². The fourth-order valence-electron chi connectivity index (χ4n) is 4.25. The molecule has 2 aromatic heterocycles. The van der Waals surface area contributed by atoms with Crippen LogP contribution in [0.5, 0.6) is 0 Å². The average Bonchev–Trinajstić information content (AvgIpc) is 3.19. The van der Waals surface area contributed by atoms with Crippen LogP contribution < -0.4 is 5.69 Å². The molecule has 0 aliphatic carbocycles. The summed E-state index contributed by atoms with van der Waals surface area (Å²) in [5, 5.41) is 0. The van der Waals surface area contributed by atoms with Crippen LogP contribution in [-0.4, -0.2) is 68.5 Å². The summed E-state index contributed by atoms with van der Waals surface area (Å²) in [5.74, 6) is 0.0485. The van der Waals surface area contributed by atoms with Crippen molar-refractivity contribution in [3.05, 3.63) is 82.4 Å². The Bertz CT molecular complexity index is 1340. The maximum Gasteiger partial charge on any atom is 0.329 e. The first-order valence-electron chi connectivity index (χ1n) is 11.1. The minimum Gasteiger partial charge on any atom is -0.336 e. The second-order valence-corrected chi connectivity index (χ2v) is 8.49. The Morgan fingerprint density at radius 1 is 1.00 bits per heavy atom. The molecule has 0 saturated carbocycles. The summed E-state index contributed by atoms with van der Waals surface area (Å²) >= 11 is 0. The van der Waals surface area contributed by atoms with E-state index in [1.165, 1.54) is 0 Å². The predicted molar refractivity (Wildman–Crippen MR) is 127 cm³/mol. The third-order valence-electron chi connectivity index (χ3n) is 6.31. The molecule has 3 heterocycles. The number of imidazole rings is 1. The van der Waals surface area contributed by atoms with E-state index in [1.807, 2.05) is 66.4 Å². The number of benzene rings is 2. The maximum absolute atomic E-state index is 12.8. The van der Waals surface area contributed by atoms with Crippen LogP contribution in [0.2, 0.25) is 0 Å². The van der Waals surface area contributed by atoms with Gasteiger partial charge in [0.25, 0.3) is 5.91 Å². The van der Waals surface area contributed by atoms with Crippen molar-refractivity contribution in [3.63, 3.8) is 0 Å². The number of rotatable bonds is 4. The highest BCUT2D eigenvalue weighted by Gasteiger charge is 2.21. The molecule has 0 radical (unpaired) electrons. The zero-order valence-electron chi connectivity index (χ0n) is 18.7. The van der Waals surface area contributed by atoms with Crippen LogP contribution in [0.4, 0.5) is 0 Å². The SMILES string of the molecule is C[C@@H](c1ccccc1)n1c(=O)[nH]c2ncc(-c3ccc(C(=O)N4CCN(C)CC4)cc3)nc21. The summed E-state index contributed by atoms with van der Waals surface area (Å²) in [7, 11) is 2.07. The summed E-state index contributed by atoms with van der Waals surface area (Å²) in [6.45, 7) is 5.23. The van der Waals surface area contributed by atoms with Crippen molar-refractivity contribution >= 4 is 17.2 Å². The molecule has 0 spiro atoms. The van der Waals surface area contributed by atoms with E-state index in [-0.39, 0.29) is 17.6 Å². The largest absolute Gasteiger partial charge is 0.336 e. The van der Waals surface area contributed by atoms with Gasteiger partial charge in [-0.3, -0.25) is 14.3 Å². The molecule has 33 heavy (non-hydrogen) atoms. The van der Waals surface area contributed by atoms with Gasteiger partial charge in [0, 0.05) is 37.3 Å². The number of nitrogens with one attached hydrogen (secondary N) is 1. The number of carbonyl (C=O) groups excluding carboxylic acids is 1. The van der Waals surface area contributed by atoms with Gasteiger partial charge >= 0.3 is 5.69 Å². The summed E-state index contributed by atoms with van der Waals surface area (Å²) in [4.78, 5) is 41.6. The maximum atomic E-state index is 12.8. The highest BCUT2D eigenvalue weighted by molar-refractivity contribution is 5.94. The molecule has 1 amide bonds. The molecule has 1 atom stereocenters. The molecule has 1 N–H and O–H groups in total. The second-order valence-electron chi connectivity index (χ2n) is 8.49. The molecule has 5 rings (SSSR count). The first kappa shape index (κ1) is 21.1. The Morgan fingerprint density at radius 2 is 1.70 bits per heavy atom. The third kappa shape index (κ3) is 4.05. The van der Waals surface area contributed by atoms with Crippen molar-refractivity contribution < 1.29 is 4.79 Å². The van der Waals surface area contributed by atoms with Gasteiger partial charge in [-0.05, 0) is 31.7 Å². The van der Waals surface area contributed by atoms with Crippen molar-refractivity contribution in [1.82, 2.24) is 29.3 Å². The molecule has 8 heteroatoms. The van der Waals surface area contributed by atoms with Crippen LogP contribution in [0.1, 0.15) is 28.9 Å². The van der Waals surface area contributed by atoms with E-state index in [9.17, 15) is 9.59 Å². The van der Waals surface area contributed by atoms with Crippen molar-refractivity contribution in [3.8, 4) is 11.3 Å². The molecule has 2 aromatic carbocycles. The fourth-order valence-corrected chi connectivity index (χ4v) is 4.25. The van der Waals surface area contributed by atoms with Crippen LogP contribution in [0.15, 0.2) is 65.6 Å². The number of aromatic nitrogens is 4. The Hall–Kier alpha value is -3.78. The molecule has 0 bridgehead atoms. The number of fused-ring (bicyclic) bond motifs is 1. The van der Waals surface area contributed by atoms with Crippen LogP contribution in [0, 0.1) is 0 Å². The van der Waals surface area contributed by atoms with E-state index in [0.29, 0.717) is 22.6 Å². The molecule has 1 aliphatic rings. The van der Waals surface area contributed by atoms with E-state index in [0.717, 1.165) is 37.3 Å². The highest BCUT2D eigenvalue weighted by Crippen LogP contribution is 2.23. The number of hydrogen-bond acceptors (Lipinski definition) is 5. The number of nitrogens with zero attached hydrogens (tertiary/aromatic N) is 5. The van der Waals surface area contributed by atoms with Crippen molar-refractivity contribution in [1.29, 1.82) is 0 Å². The van der Waals surface area contributed by atoms with Crippen molar-refractivity contribution in [2.75, 3.05) is 33.2 Å². The van der Waals surface area contributed by atoms with Crippen molar-refractivity contribution in [2.45, 2.75) is 13.0 Å². The zero-order chi connectivity index (χ0) is 22.9. The standard InChI is InChI=1S/C25H26N6O2/c1-17(18-6-4-3-5-7-18)31-23-22(28-25(31)33)26-16-21(27-23)19-8-10-20(11-9-19)24(32)30-14-12-29(2)13-15-30/h3-11,16-17H,12-15H2,1-2H3,(H,26,28,33)/t17-/m0/s1. The van der Waals surface area contributed by atoms with E-state index >= 15 is 0 Å². The number of amides is 1. The van der Waals surface area contributed by atoms with Gasteiger partial charge in [-0.25, -0.2) is 14.8 Å². The molecular formula is C25H26N6O2. The molecule has 168 valence electrons. The lowest BCUT2D eigenvalue weighted by molar-refractivity contribution is 0.0664. The molecule has 8 nitrogen and oxygen atoms in total. The van der Waals surface area contributed by atoms with Gasteiger partial charge in [0.05, 0.1) is 17.9 Å². The number of carbonyl (C=O) groups is 1. The lowest BCUT2D eigenvalue weighted by Gasteiger charge is -2.32. The van der Waals surface area contributed by atoms with Crippen LogP contribution >= 0.6 is 0 Å². The third-order valence-corrected chi connectivity index (χ3v) is 6.31. The average molecular weight is 443 g/mol. The van der Waals surface area contributed by atoms with Crippen LogP contribution in [-0.2, 0) is 0 Å².